The van der Waals surface area contributed by atoms with E-state index < -0.39 is 12.1 Å². The fourth-order valence-electron chi connectivity index (χ4n) is 5.84. The molecule has 1 aliphatic heterocycles. The van der Waals surface area contributed by atoms with Crippen LogP contribution in [0.15, 0.2) is 30.3 Å². The van der Waals surface area contributed by atoms with E-state index in [9.17, 15) is 28.5 Å². The minimum atomic E-state index is -5.08. The summed E-state index contributed by atoms with van der Waals surface area (Å²) in [5.41, 5.74) is 3.90. The van der Waals surface area contributed by atoms with E-state index in [-0.39, 0.29) is 22.7 Å². The van der Waals surface area contributed by atoms with Crippen molar-refractivity contribution in [3.63, 3.8) is 0 Å². The van der Waals surface area contributed by atoms with Gasteiger partial charge in [-0.3, -0.25) is 0 Å². The second kappa shape index (κ2) is 8.90. The molecular weight excluding hydrogens is 453 g/mol. The zero-order valence-corrected chi connectivity index (χ0v) is 18.3. The van der Waals surface area contributed by atoms with E-state index in [2.05, 4.69) is 10.6 Å². The summed E-state index contributed by atoms with van der Waals surface area (Å²) in [4.78, 5) is 8.90. The number of phenols is 3. The number of fused-ring (bicyclic) bond motifs is 1. The first-order chi connectivity index (χ1) is 16.0. The lowest BCUT2D eigenvalue weighted by Crippen LogP contribution is -2.59. The highest BCUT2D eigenvalue weighted by atomic mass is 19.4. The fourth-order valence-corrected chi connectivity index (χ4v) is 5.84. The summed E-state index contributed by atoms with van der Waals surface area (Å²) < 4.78 is 31.7. The first-order valence-electron chi connectivity index (χ1n) is 11.2. The van der Waals surface area contributed by atoms with Crippen molar-refractivity contribution in [2.75, 3.05) is 11.9 Å². The van der Waals surface area contributed by atoms with Crippen molar-refractivity contribution in [3.05, 3.63) is 41.5 Å². The highest BCUT2D eigenvalue weighted by Gasteiger charge is 2.51. The van der Waals surface area contributed by atoms with Crippen LogP contribution in [0, 0.1) is 5.92 Å². The van der Waals surface area contributed by atoms with Gasteiger partial charge in [0.2, 0.25) is 0 Å². The van der Waals surface area contributed by atoms with Crippen molar-refractivity contribution >= 4 is 17.3 Å². The lowest BCUT2D eigenvalue weighted by atomic mass is 9.53. The van der Waals surface area contributed by atoms with E-state index >= 15 is 0 Å². The van der Waals surface area contributed by atoms with E-state index in [0.29, 0.717) is 23.3 Å². The van der Waals surface area contributed by atoms with Crippen molar-refractivity contribution in [1.29, 1.82) is 0 Å². The minimum Gasteiger partial charge on any atom is -0.508 e. The molecule has 0 radical (unpaired) electrons. The number of halogens is 3. The topological polar surface area (TPSA) is 122 Å². The maximum absolute atomic E-state index is 10.7. The zero-order valence-electron chi connectivity index (χ0n) is 18.3. The standard InChI is InChI=1S/C22H26N2O3.C2HF3O2/c25-14-4-5-17(20(26)11-14)24-19-10-13-9-18-15-3-1-2-6-22(15,7-8-23-18)16(13)12-21(19)27;3-2(4,5)1(6)7/h4-5,10-12,15,18,23-27H,1-3,6-9H2;(H,6,7)/t15-,18+,22+;/m1./s1. The molecule has 0 amide bonds. The monoisotopic (exact) mass is 480 g/mol. The maximum atomic E-state index is 10.7. The molecule has 6 N–H and O–H groups in total. The van der Waals surface area contributed by atoms with Crippen molar-refractivity contribution in [2.24, 2.45) is 5.92 Å². The van der Waals surface area contributed by atoms with Gasteiger partial charge in [-0.15, -0.1) is 0 Å². The average molecular weight is 480 g/mol. The van der Waals surface area contributed by atoms with Crippen LogP contribution in [0.3, 0.4) is 0 Å². The van der Waals surface area contributed by atoms with Gasteiger partial charge in [0.1, 0.15) is 17.2 Å². The highest BCUT2D eigenvalue weighted by molar-refractivity contribution is 5.73. The number of carbonyl (C=O) groups is 1. The van der Waals surface area contributed by atoms with Gasteiger partial charge in [0.15, 0.2) is 0 Å². The summed E-state index contributed by atoms with van der Waals surface area (Å²) in [5, 5.41) is 44.3. The van der Waals surface area contributed by atoms with Crippen molar-refractivity contribution < 1.29 is 38.4 Å². The third-order valence-electron chi connectivity index (χ3n) is 7.25. The first-order valence-corrected chi connectivity index (χ1v) is 11.2. The van der Waals surface area contributed by atoms with Crippen LogP contribution in [-0.4, -0.2) is 45.2 Å². The molecule has 0 spiro atoms. The van der Waals surface area contributed by atoms with Crippen LogP contribution in [0.2, 0.25) is 0 Å². The summed E-state index contributed by atoms with van der Waals surface area (Å²) in [6.45, 7) is 1.06. The molecule has 1 saturated heterocycles. The van der Waals surface area contributed by atoms with Crippen molar-refractivity contribution in [1.82, 2.24) is 5.32 Å². The Labute approximate surface area is 194 Å². The molecule has 2 bridgehead atoms. The Morgan fingerprint density at radius 1 is 1.03 bits per heavy atom. The number of hydrogen-bond donors (Lipinski definition) is 6. The number of carboxylic acid groups (broad SMARTS) is 1. The van der Waals surface area contributed by atoms with Crippen LogP contribution in [0.25, 0.3) is 0 Å². The Hall–Kier alpha value is -3.14. The van der Waals surface area contributed by atoms with Gasteiger partial charge in [-0.25, -0.2) is 4.79 Å². The van der Waals surface area contributed by atoms with Gasteiger partial charge in [-0.1, -0.05) is 12.8 Å². The molecule has 2 aromatic rings. The number of benzene rings is 2. The second-order valence-corrected chi connectivity index (χ2v) is 9.18. The number of hydrogen-bond acceptors (Lipinski definition) is 6. The van der Waals surface area contributed by atoms with Crippen LogP contribution in [-0.2, 0) is 16.6 Å². The van der Waals surface area contributed by atoms with E-state index in [1.165, 1.54) is 48.9 Å². The normalized spacial score (nSPS) is 25.3. The molecule has 0 aromatic heterocycles. The SMILES string of the molecule is O=C(O)C(F)(F)F.Oc1ccc(Nc2cc3c(cc2O)[C@]24CCCC[C@@H]2[C@H](C3)NCC4)c(O)c1. The third-order valence-corrected chi connectivity index (χ3v) is 7.25. The van der Waals surface area contributed by atoms with E-state index in [4.69, 9.17) is 9.90 Å². The maximum Gasteiger partial charge on any atom is 0.490 e. The molecule has 10 heteroatoms. The molecule has 34 heavy (non-hydrogen) atoms. The number of nitrogens with one attached hydrogen (secondary N) is 2. The quantitative estimate of drug-likeness (QED) is 0.276. The molecule has 1 saturated carbocycles. The third kappa shape index (κ3) is 4.46. The van der Waals surface area contributed by atoms with Gasteiger partial charge in [0, 0.05) is 17.5 Å². The first kappa shape index (κ1) is 24.0. The van der Waals surface area contributed by atoms with Crippen LogP contribution >= 0.6 is 0 Å². The van der Waals surface area contributed by atoms with Crippen molar-refractivity contribution in [2.45, 2.75) is 56.2 Å². The molecule has 0 unspecified atom stereocenters. The van der Waals surface area contributed by atoms with Crippen LogP contribution < -0.4 is 10.6 Å². The minimum absolute atomic E-state index is 0.00838. The number of phenolic OH excluding ortho intramolecular Hbond substituents is 3. The second-order valence-electron chi connectivity index (χ2n) is 9.18. The average Bonchev–Trinajstić information content (AvgIpc) is 2.76. The van der Waals surface area contributed by atoms with Gasteiger partial charge in [-0.2, -0.15) is 13.2 Å². The molecule has 5 rings (SSSR count). The molecule has 3 aliphatic rings. The summed E-state index contributed by atoms with van der Waals surface area (Å²) in [5.74, 6) is -1.90. The lowest BCUT2D eigenvalue weighted by Gasteiger charge is -2.56. The molecule has 2 aliphatic carbocycles. The van der Waals surface area contributed by atoms with Gasteiger partial charge in [-0.05, 0) is 73.5 Å². The molecule has 2 aromatic carbocycles. The fraction of sp³-hybridized carbons (Fsp3) is 0.458. The van der Waals surface area contributed by atoms with Gasteiger partial charge in [0.25, 0.3) is 0 Å². The van der Waals surface area contributed by atoms with Gasteiger partial charge < -0.3 is 31.1 Å². The molecule has 184 valence electrons. The molecule has 2 fully saturated rings. The Bertz CT molecular complexity index is 1090. The molecule has 1 heterocycles. The molecule has 3 atom stereocenters. The van der Waals surface area contributed by atoms with E-state index in [0.717, 1.165) is 19.4 Å². The van der Waals surface area contributed by atoms with Gasteiger partial charge in [0.05, 0.1) is 11.4 Å². The van der Waals surface area contributed by atoms with Crippen molar-refractivity contribution in [3.8, 4) is 17.2 Å². The Kier molecular flexibility index (Phi) is 6.28. The Morgan fingerprint density at radius 2 is 1.74 bits per heavy atom. The summed E-state index contributed by atoms with van der Waals surface area (Å²) in [7, 11) is 0. The summed E-state index contributed by atoms with van der Waals surface area (Å²) in [6, 6.07) is 8.94. The number of alkyl halides is 3. The Morgan fingerprint density at radius 3 is 2.41 bits per heavy atom. The van der Waals surface area contributed by atoms with Crippen LogP contribution in [0.5, 0.6) is 17.2 Å². The molecule has 7 nitrogen and oxygen atoms in total. The number of piperidine rings is 1. The largest absolute Gasteiger partial charge is 0.508 e. The van der Waals surface area contributed by atoms with E-state index in [1.54, 1.807) is 6.07 Å². The smallest absolute Gasteiger partial charge is 0.490 e. The lowest BCUT2D eigenvalue weighted by molar-refractivity contribution is -0.192. The zero-order chi connectivity index (χ0) is 24.7. The summed E-state index contributed by atoms with van der Waals surface area (Å²) in [6.07, 6.45) is 2.12. The number of aliphatic carboxylic acids is 1. The number of rotatable bonds is 2. The van der Waals surface area contributed by atoms with E-state index in [1.807, 2.05) is 12.1 Å². The predicted octanol–water partition coefficient (Wildman–Crippen LogP) is 4.53. The highest BCUT2D eigenvalue weighted by Crippen LogP contribution is 2.55. The number of anilines is 2. The van der Waals surface area contributed by atoms with Crippen LogP contribution in [0.1, 0.15) is 43.2 Å². The summed E-state index contributed by atoms with van der Waals surface area (Å²) >= 11 is 0. The Balaban J connectivity index is 0.000000344. The van der Waals surface area contributed by atoms with Gasteiger partial charge >= 0.3 is 12.1 Å². The predicted molar refractivity (Wildman–Crippen MR) is 119 cm³/mol. The number of carboxylic acids is 1. The molecular formula is C24H27F3N2O5. The van der Waals surface area contributed by atoms with Crippen LogP contribution in [0.4, 0.5) is 24.5 Å². The number of aromatic hydroxyl groups is 3.